The van der Waals surface area contributed by atoms with Gasteiger partial charge >= 0.3 is 0 Å². The van der Waals surface area contributed by atoms with E-state index in [1.165, 1.54) is 5.56 Å². The first kappa shape index (κ1) is 15.3. The lowest BCUT2D eigenvalue weighted by atomic mass is 10.2. The highest BCUT2D eigenvalue weighted by Crippen LogP contribution is 2.31. The summed E-state index contributed by atoms with van der Waals surface area (Å²) in [5.74, 6) is 1.63. The second-order valence-electron chi connectivity index (χ2n) is 5.84. The van der Waals surface area contributed by atoms with E-state index in [-0.39, 0.29) is 6.10 Å². The summed E-state index contributed by atoms with van der Waals surface area (Å²) in [6.07, 6.45) is 4.69. The molecule has 0 bridgehead atoms. The van der Waals surface area contributed by atoms with Gasteiger partial charge in [0, 0.05) is 13.2 Å². The van der Waals surface area contributed by atoms with E-state index in [1.807, 2.05) is 29.9 Å². The molecule has 1 N–H and O–H groups in total. The molecule has 23 heavy (non-hydrogen) atoms. The Labute approximate surface area is 136 Å². The molecule has 0 radical (unpaired) electrons. The van der Waals surface area contributed by atoms with Gasteiger partial charge in [0.05, 0.1) is 17.3 Å². The molecule has 0 aliphatic rings. The Kier molecular flexibility index (Phi) is 4.19. The fourth-order valence-corrected chi connectivity index (χ4v) is 2.47. The van der Waals surface area contributed by atoms with Gasteiger partial charge in [-0.05, 0) is 44.0 Å². The standard InChI is InChI=1S/C18H22N4O/c1-5-13(3)23-16-10-12(2)6-7-14(16)21-18-17-15(19-11-20-18)8-9-22(17)4/h6-11,13H,5H2,1-4H3,(H,19,20,21). The summed E-state index contributed by atoms with van der Waals surface area (Å²) in [5, 5.41) is 3.40. The molecule has 0 amide bonds. The molecule has 0 saturated carbocycles. The molecule has 5 nitrogen and oxygen atoms in total. The third-order valence-corrected chi connectivity index (χ3v) is 3.95. The molecular weight excluding hydrogens is 288 g/mol. The van der Waals surface area contributed by atoms with Crippen LogP contribution in [0, 0.1) is 6.92 Å². The summed E-state index contributed by atoms with van der Waals surface area (Å²) >= 11 is 0. The number of nitrogens with zero attached hydrogens (tertiary/aromatic N) is 3. The van der Waals surface area contributed by atoms with Crippen LogP contribution in [0.3, 0.4) is 0 Å². The van der Waals surface area contributed by atoms with Crippen molar-refractivity contribution in [3.63, 3.8) is 0 Å². The molecule has 2 heterocycles. The number of aromatic nitrogens is 3. The summed E-state index contributed by atoms with van der Waals surface area (Å²) in [6.45, 7) is 6.25. The van der Waals surface area contributed by atoms with Crippen molar-refractivity contribution in [1.29, 1.82) is 0 Å². The summed E-state index contributed by atoms with van der Waals surface area (Å²) in [6, 6.07) is 8.13. The molecule has 120 valence electrons. The highest BCUT2D eigenvalue weighted by Gasteiger charge is 2.12. The highest BCUT2D eigenvalue weighted by atomic mass is 16.5. The first-order valence-corrected chi connectivity index (χ1v) is 7.89. The monoisotopic (exact) mass is 310 g/mol. The molecule has 0 fully saturated rings. The van der Waals surface area contributed by atoms with Crippen LogP contribution >= 0.6 is 0 Å². The number of benzene rings is 1. The minimum absolute atomic E-state index is 0.165. The van der Waals surface area contributed by atoms with Crippen molar-refractivity contribution < 1.29 is 4.74 Å². The minimum Gasteiger partial charge on any atom is -0.489 e. The number of aryl methyl sites for hydroxylation is 2. The zero-order valence-electron chi connectivity index (χ0n) is 14.0. The molecular formula is C18H22N4O. The highest BCUT2D eigenvalue weighted by molar-refractivity contribution is 5.88. The van der Waals surface area contributed by atoms with Crippen molar-refractivity contribution in [3.05, 3.63) is 42.4 Å². The number of nitrogens with one attached hydrogen (secondary N) is 1. The summed E-state index contributed by atoms with van der Waals surface area (Å²) in [7, 11) is 1.99. The second-order valence-corrected chi connectivity index (χ2v) is 5.84. The number of anilines is 2. The maximum absolute atomic E-state index is 6.06. The molecule has 3 aromatic rings. The number of fused-ring (bicyclic) bond motifs is 1. The molecule has 0 spiro atoms. The van der Waals surface area contributed by atoms with Crippen molar-refractivity contribution in [3.8, 4) is 5.75 Å². The van der Waals surface area contributed by atoms with Crippen molar-refractivity contribution in [2.75, 3.05) is 5.32 Å². The molecule has 1 atom stereocenters. The van der Waals surface area contributed by atoms with Gasteiger partial charge in [-0.25, -0.2) is 9.97 Å². The van der Waals surface area contributed by atoms with Gasteiger partial charge in [-0.3, -0.25) is 0 Å². The van der Waals surface area contributed by atoms with E-state index in [0.717, 1.165) is 34.7 Å². The Morgan fingerprint density at radius 3 is 2.87 bits per heavy atom. The van der Waals surface area contributed by atoms with Crippen LogP contribution in [0.2, 0.25) is 0 Å². The molecule has 2 aromatic heterocycles. The number of hydrogen-bond donors (Lipinski definition) is 1. The Balaban J connectivity index is 2.00. The van der Waals surface area contributed by atoms with Crippen molar-refractivity contribution in [2.24, 2.45) is 7.05 Å². The van der Waals surface area contributed by atoms with E-state index < -0.39 is 0 Å². The average molecular weight is 310 g/mol. The molecule has 1 aromatic carbocycles. The van der Waals surface area contributed by atoms with Crippen LogP contribution in [0.5, 0.6) is 5.75 Å². The Morgan fingerprint density at radius 2 is 2.09 bits per heavy atom. The minimum atomic E-state index is 0.165. The van der Waals surface area contributed by atoms with Gasteiger partial charge in [0.15, 0.2) is 5.82 Å². The van der Waals surface area contributed by atoms with Crippen LogP contribution in [0.15, 0.2) is 36.8 Å². The van der Waals surface area contributed by atoms with Crippen LogP contribution in [0.25, 0.3) is 11.0 Å². The SMILES string of the molecule is CCC(C)Oc1cc(C)ccc1Nc1ncnc2ccn(C)c12. The van der Waals surface area contributed by atoms with Gasteiger partial charge in [-0.1, -0.05) is 13.0 Å². The van der Waals surface area contributed by atoms with E-state index in [2.05, 4.69) is 48.2 Å². The van der Waals surface area contributed by atoms with Crippen molar-refractivity contribution >= 4 is 22.5 Å². The zero-order valence-corrected chi connectivity index (χ0v) is 14.0. The number of rotatable bonds is 5. The van der Waals surface area contributed by atoms with Crippen molar-refractivity contribution in [2.45, 2.75) is 33.3 Å². The zero-order chi connectivity index (χ0) is 16.4. The Bertz CT molecular complexity index is 825. The molecule has 0 aliphatic carbocycles. The maximum atomic E-state index is 6.06. The van der Waals surface area contributed by atoms with Gasteiger partial charge in [0.2, 0.25) is 0 Å². The Morgan fingerprint density at radius 1 is 1.26 bits per heavy atom. The fourth-order valence-electron chi connectivity index (χ4n) is 2.47. The molecule has 3 rings (SSSR count). The molecule has 0 saturated heterocycles. The molecule has 1 unspecified atom stereocenters. The molecule has 5 heteroatoms. The summed E-state index contributed by atoms with van der Waals surface area (Å²) in [5.41, 5.74) is 3.97. The largest absolute Gasteiger partial charge is 0.489 e. The maximum Gasteiger partial charge on any atom is 0.158 e. The van der Waals surface area contributed by atoms with Gasteiger partial charge in [-0.2, -0.15) is 0 Å². The third-order valence-electron chi connectivity index (χ3n) is 3.95. The summed E-state index contributed by atoms with van der Waals surface area (Å²) in [4.78, 5) is 8.70. The van der Waals surface area contributed by atoms with Gasteiger partial charge < -0.3 is 14.6 Å². The van der Waals surface area contributed by atoms with Crippen LogP contribution in [-0.2, 0) is 7.05 Å². The summed E-state index contributed by atoms with van der Waals surface area (Å²) < 4.78 is 8.07. The smallest absolute Gasteiger partial charge is 0.158 e. The van der Waals surface area contributed by atoms with E-state index in [0.29, 0.717) is 0 Å². The fraction of sp³-hybridized carbons (Fsp3) is 0.333. The number of ether oxygens (including phenoxy) is 1. The van der Waals surface area contributed by atoms with Gasteiger partial charge in [0.25, 0.3) is 0 Å². The normalized spacial score (nSPS) is 12.3. The van der Waals surface area contributed by atoms with Gasteiger partial charge in [-0.15, -0.1) is 0 Å². The first-order valence-electron chi connectivity index (χ1n) is 7.89. The first-order chi connectivity index (χ1) is 11.1. The topological polar surface area (TPSA) is 52.0 Å². The Hall–Kier alpha value is -2.56. The average Bonchev–Trinajstić information content (AvgIpc) is 2.92. The lowest BCUT2D eigenvalue weighted by molar-refractivity contribution is 0.218. The van der Waals surface area contributed by atoms with E-state index in [4.69, 9.17) is 4.74 Å². The molecule has 0 aliphatic heterocycles. The van der Waals surface area contributed by atoms with Crippen LogP contribution < -0.4 is 10.1 Å². The van der Waals surface area contributed by atoms with E-state index >= 15 is 0 Å². The van der Waals surface area contributed by atoms with Crippen LogP contribution in [-0.4, -0.2) is 20.6 Å². The predicted molar refractivity (Wildman–Crippen MR) is 93.4 cm³/mol. The van der Waals surface area contributed by atoms with E-state index in [9.17, 15) is 0 Å². The quantitative estimate of drug-likeness (QED) is 0.767. The van der Waals surface area contributed by atoms with Gasteiger partial charge in [0.1, 0.15) is 17.6 Å². The lowest BCUT2D eigenvalue weighted by Gasteiger charge is -2.18. The van der Waals surface area contributed by atoms with Crippen LogP contribution in [0.1, 0.15) is 25.8 Å². The predicted octanol–water partition coefficient (Wildman–Crippen LogP) is 4.20. The number of hydrogen-bond acceptors (Lipinski definition) is 4. The van der Waals surface area contributed by atoms with E-state index in [1.54, 1.807) is 6.33 Å². The van der Waals surface area contributed by atoms with Crippen LogP contribution in [0.4, 0.5) is 11.5 Å². The second kappa shape index (κ2) is 6.28. The van der Waals surface area contributed by atoms with Crippen molar-refractivity contribution in [1.82, 2.24) is 14.5 Å². The lowest BCUT2D eigenvalue weighted by Crippen LogP contribution is -2.11. The third kappa shape index (κ3) is 3.13.